The third-order valence-corrected chi connectivity index (χ3v) is 4.90. The zero-order chi connectivity index (χ0) is 12.4. The first-order valence-electron chi connectivity index (χ1n) is 6.26. The van der Waals surface area contributed by atoms with Gasteiger partial charge in [-0.1, -0.05) is 62.8 Å². The van der Waals surface area contributed by atoms with Crippen molar-refractivity contribution in [3.05, 3.63) is 34.7 Å². The van der Waals surface area contributed by atoms with Crippen molar-refractivity contribution in [3.63, 3.8) is 0 Å². The first kappa shape index (κ1) is 13.7. The van der Waals surface area contributed by atoms with Crippen LogP contribution < -0.4 is 0 Å². The van der Waals surface area contributed by atoms with Crippen LogP contribution in [0.5, 0.6) is 0 Å². The highest BCUT2D eigenvalue weighted by atomic mass is 28.3. The first-order valence-corrected chi connectivity index (χ1v) is 13.4. The zero-order valence-corrected chi connectivity index (χ0v) is 13.7. The van der Waals surface area contributed by atoms with Crippen molar-refractivity contribution in [3.8, 4) is 0 Å². The summed E-state index contributed by atoms with van der Waals surface area (Å²) in [5.41, 5.74) is 8.40. The third-order valence-electron chi connectivity index (χ3n) is 2.47. The molecule has 0 amide bonds. The SMILES string of the molecule is C[Si](C)(C)/C=C1\CC=CC\C1=C/[Si](C)(C)C. The molecule has 2 heteroatoms. The summed E-state index contributed by atoms with van der Waals surface area (Å²) in [6, 6.07) is 0. The second kappa shape index (κ2) is 4.88. The van der Waals surface area contributed by atoms with E-state index in [-0.39, 0.29) is 0 Å². The van der Waals surface area contributed by atoms with E-state index in [4.69, 9.17) is 0 Å². The fraction of sp³-hybridized carbons (Fsp3) is 0.571. The second-order valence-electron chi connectivity index (χ2n) is 6.95. The molecule has 0 saturated heterocycles. The van der Waals surface area contributed by atoms with Crippen LogP contribution in [-0.4, -0.2) is 16.1 Å². The van der Waals surface area contributed by atoms with E-state index >= 15 is 0 Å². The van der Waals surface area contributed by atoms with Crippen LogP contribution >= 0.6 is 0 Å². The number of hydrogen-bond donors (Lipinski definition) is 0. The van der Waals surface area contributed by atoms with E-state index in [1.807, 2.05) is 0 Å². The molecule has 16 heavy (non-hydrogen) atoms. The maximum Gasteiger partial charge on any atom is 0.0690 e. The number of hydrogen-bond acceptors (Lipinski definition) is 0. The Bertz CT molecular complexity index is 299. The van der Waals surface area contributed by atoms with Gasteiger partial charge in [-0.15, -0.1) is 0 Å². The van der Waals surface area contributed by atoms with Gasteiger partial charge in [-0.3, -0.25) is 0 Å². The Kier molecular flexibility index (Phi) is 4.19. The summed E-state index contributed by atoms with van der Waals surface area (Å²) in [6.07, 6.45) is 6.96. The molecule has 0 N–H and O–H groups in total. The Morgan fingerprint density at radius 1 is 0.750 bits per heavy atom. The number of allylic oxidation sites excluding steroid dienone is 4. The van der Waals surface area contributed by atoms with E-state index in [1.165, 1.54) is 0 Å². The molecule has 0 fully saturated rings. The largest absolute Gasteiger partial charge is 0.0913 e. The van der Waals surface area contributed by atoms with Crippen LogP contribution in [0, 0.1) is 0 Å². The summed E-state index contributed by atoms with van der Waals surface area (Å²) in [7, 11) is -2.17. The van der Waals surface area contributed by atoms with E-state index in [9.17, 15) is 0 Å². The molecule has 0 aromatic carbocycles. The van der Waals surface area contributed by atoms with Crippen LogP contribution in [0.1, 0.15) is 12.8 Å². The Morgan fingerprint density at radius 2 is 1.06 bits per heavy atom. The van der Waals surface area contributed by atoms with Crippen molar-refractivity contribution in [1.82, 2.24) is 0 Å². The van der Waals surface area contributed by atoms with Gasteiger partial charge in [0, 0.05) is 0 Å². The lowest BCUT2D eigenvalue weighted by Gasteiger charge is -2.21. The van der Waals surface area contributed by atoms with Crippen molar-refractivity contribution in [2.24, 2.45) is 0 Å². The van der Waals surface area contributed by atoms with Gasteiger partial charge >= 0.3 is 0 Å². The highest BCUT2D eigenvalue weighted by Crippen LogP contribution is 2.27. The fourth-order valence-corrected chi connectivity index (χ4v) is 4.73. The molecule has 0 heterocycles. The Labute approximate surface area is 103 Å². The molecule has 0 saturated carbocycles. The molecule has 1 rings (SSSR count). The molecule has 0 aromatic heterocycles. The van der Waals surface area contributed by atoms with Crippen LogP contribution in [0.15, 0.2) is 34.7 Å². The maximum atomic E-state index is 2.59. The molecule has 0 spiro atoms. The molecular formula is C14H26Si2. The second-order valence-corrected chi connectivity index (χ2v) is 17.0. The predicted molar refractivity (Wildman–Crippen MR) is 81.2 cm³/mol. The van der Waals surface area contributed by atoms with Gasteiger partial charge in [0.05, 0.1) is 16.1 Å². The minimum absolute atomic E-state index is 1.08. The van der Waals surface area contributed by atoms with Gasteiger partial charge in [-0.05, 0) is 24.0 Å². The molecule has 90 valence electrons. The Balaban J connectivity index is 3.03. The molecule has 0 aliphatic heterocycles. The minimum atomic E-state index is -1.08. The topological polar surface area (TPSA) is 0 Å². The Hall–Kier alpha value is -0.346. The van der Waals surface area contributed by atoms with E-state index in [1.54, 1.807) is 11.1 Å². The summed E-state index contributed by atoms with van der Waals surface area (Å²) in [5.74, 6) is 0. The smallest absolute Gasteiger partial charge is 0.0690 e. The van der Waals surface area contributed by atoms with Gasteiger partial charge in [0.1, 0.15) is 0 Å². The Morgan fingerprint density at radius 3 is 1.31 bits per heavy atom. The summed E-state index contributed by atoms with van der Waals surface area (Å²) < 4.78 is 0. The summed E-state index contributed by atoms with van der Waals surface area (Å²) in [6.45, 7) is 14.5. The van der Waals surface area contributed by atoms with Crippen molar-refractivity contribution < 1.29 is 0 Å². The van der Waals surface area contributed by atoms with E-state index in [0.717, 1.165) is 12.8 Å². The molecule has 0 bridgehead atoms. The van der Waals surface area contributed by atoms with Gasteiger partial charge in [-0.25, -0.2) is 0 Å². The monoisotopic (exact) mass is 250 g/mol. The third kappa shape index (κ3) is 5.12. The zero-order valence-electron chi connectivity index (χ0n) is 11.7. The summed E-state index contributed by atoms with van der Waals surface area (Å²) in [5, 5.41) is 0. The molecule has 0 aromatic rings. The highest BCUT2D eigenvalue weighted by Gasteiger charge is 2.17. The van der Waals surface area contributed by atoms with Crippen LogP contribution in [0.25, 0.3) is 0 Å². The lowest BCUT2D eigenvalue weighted by atomic mass is 9.98. The van der Waals surface area contributed by atoms with Crippen molar-refractivity contribution in [2.75, 3.05) is 0 Å². The highest BCUT2D eigenvalue weighted by molar-refractivity contribution is 6.82. The molecule has 0 radical (unpaired) electrons. The summed E-state index contributed by atoms with van der Waals surface area (Å²) in [4.78, 5) is 0. The van der Waals surface area contributed by atoms with Gasteiger partial charge in [0.15, 0.2) is 0 Å². The van der Waals surface area contributed by atoms with Gasteiger partial charge in [-0.2, -0.15) is 0 Å². The molecule has 0 atom stereocenters. The molecule has 1 aliphatic carbocycles. The average Bonchev–Trinajstić information content (AvgIpc) is 2.03. The lowest BCUT2D eigenvalue weighted by molar-refractivity contribution is 1.08. The average molecular weight is 251 g/mol. The minimum Gasteiger partial charge on any atom is -0.0913 e. The van der Waals surface area contributed by atoms with E-state index in [0.29, 0.717) is 0 Å². The quantitative estimate of drug-likeness (QED) is 0.481. The molecule has 1 aliphatic rings. The normalized spacial score (nSPS) is 23.1. The maximum absolute atomic E-state index is 2.59. The van der Waals surface area contributed by atoms with Crippen LogP contribution in [0.4, 0.5) is 0 Å². The summed E-state index contributed by atoms with van der Waals surface area (Å²) >= 11 is 0. The van der Waals surface area contributed by atoms with Crippen LogP contribution in [0.2, 0.25) is 39.3 Å². The molecule has 0 nitrogen and oxygen atoms in total. The van der Waals surface area contributed by atoms with Crippen molar-refractivity contribution in [2.45, 2.75) is 52.1 Å². The van der Waals surface area contributed by atoms with Crippen LogP contribution in [0.3, 0.4) is 0 Å². The fourth-order valence-electron chi connectivity index (χ4n) is 2.03. The van der Waals surface area contributed by atoms with E-state index in [2.05, 4.69) is 62.8 Å². The van der Waals surface area contributed by atoms with Crippen molar-refractivity contribution >= 4 is 16.1 Å². The van der Waals surface area contributed by atoms with Crippen molar-refractivity contribution in [1.29, 1.82) is 0 Å². The first-order chi connectivity index (χ1) is 7.17. The van der Waals surface area contributed by atoms with E-state index < -0.39 is 16.1 Å². The molecular weight excluding hydrogens is 224 g/mol. The number of rotatable bonds is 2. The van der Waals surface area contributed by atoms with Gasteiger partial charge in [0.2, 0.25) is 0 Å². The van der Waals surface area contributed by atoms with Crippen LogP contribution in [-0.2, 0) is 0 Å². The lowest BCUT2D eigenvalue weighted by Crippen LogP contribution is -2.20. The predicted octanol–water partition coefficient (Wildman–Crippen LogP) is 4.94. The molecule has 0 unspecified atom stereocenters. The van der Waals surface area contributed by atoms with Gasteiger partial charge in [0.25, 0.3) is 0 Å². The standard InChI is InChI=1S/C14H26Si2/c1-15(2,3)11-13-9-7-8-10-14(13)12-16(4,5)6/h7-8,11-12H,9-10H2,1-6H3/b13-11+,14-12+. The van der Waals surface area contributed by atoms with Gasteiger partial charge < -0.3 is 0 Å².